The lowest BCUT2D eigenvalue weighted by Crippen LogP contribution is -2.29. The van der Waals surface area contributed by atoms with E-state index in [1.807, 2.05) is 28.5 Å². The maximum Gasteiger partial charge on any atom is 0.0714 e. The van der Waals surface area contributed by atoms with Crippen LogP contribution in [0.15, 0.2) is 260 Å². The van der Waals surface area contributed by atoms with E-state index in [0.717, 1.165) is 77.1 Å². The van der Waals surface area contributed by atoms with Crippen LogP contribution in [0.4, 0.5) is 17.1 Å². The van der Waals surface area contributed by atoms with Gasteiger partial charge in [0.2, 0.25) is 0 Å². The molecule has 1 heterocycles. The van der Waals surface area contributed by atoms with Crippen LogP contribution in [0.1, 0.15) is 50.0 Å². The Morgan fingerprint density at radius 2 is 0.758 bits per heavy atom. The van der Waals surface area contributed by atoms with Gasteiger partial charge in [-0.05, 0) is 137 Å². The van der Waals surface area contributed by atoms with Gasteiger partial charge in [0.25, 0.3) is 0 Å². The maximum atomic E-state index is 10.1. The fraction of sp³-hybridized carbons (Fsp3) is 0.0312. The van der Waals surface area contributed by atoms with E-state index in [0.29, 0.717) is 5.56 Å². The van der Waals surface area contributed by atoms with Gasteiger partial charge in [-0.15, -0.1) is 11.3 Å². The minimum atomic E-state index is -0.718. The summed E-state index contributed by atoms with van der Waals surface area (Å²) < 4.78 is 40.7. The fourth-order valence-corrected chi connectivity index (χ4v) is 12.1. The molecule has 2 heteroatoms. The molecule has 0 spiro atoms. The van der Waals surface area contributed by atoms with Gasteiger partial charge in [0.15, 0.2) is 0 Å². The number of benzene rings is 10. The predicted octanol–water partition coefficient (Wildman–Crippen LogP) is 16.8. The third-order valence-corrected chi connectivity index (χ3v) is 14.9. The molecule has 66 heavy (non-hydrogen) atoms. The summed E-state index contributed by atoms with van der Waals surface area (Å²) in [7, 11) is 0. The van der Waals surface area contributed by atoms with Crippen molar-refractivity contribution in [1.29, 1.82) is 0 Å². The fourth-order valence-electron chi connectivity index (χ4n) is 11.2. The minimum Gasteiger partial charge on any atom is -0.310 e. The molecule has 2 aliphatic rings. The highest BCUT2D eigenvalue weighted by molar-refractivity contribution is 7.17. The van der Waals surface area contributed by atoms with E-state index in [4.69, 9.17) is 0 Å². The van der Waals surface area contributed by atoms with Crippen molar-refractivity contribution in [1.82, 2.24) is 0 Å². The second-order valence-corrected chi connectivity index (χ2v) is 18.2. The summed E-state index contributed by atoms with van der Waals surface area (Å²) in [6.07, 6.45) is 0. The molecule has 11 aromatic rings. The molecule has 310 valence electrons. The number of hydrogen-bond acceptors (Lipinski definition) is 2. The van der Waals surface area contributed by atoms with E-state index in [9.17, 15) is 5.48 Å². The molecule has 0 radical (unpaired) electrons. The van der Waals surface area contributed by atoms with Crippen LogP contribution in [0.2, 0.25) is 0 Å². The van der Waals surface area contributed by atoms with Crippen LogP contribution in [0.25, 0.3) is 43.5 Å². The molecule has 0 saturated heterocycles. The zero-order valence-corrected chi connectivity index (χ0v) is 36.7. The van der Waals surface area contributed by atoms with Crippen LogP contribution in [0.5, 0.6) is 0 Å². The van der Waals surface area contributed by atoms with Crippen molar-refractivity contribution >= 4 is 38.5 Å². The Balaban J connectivity index is 1.12. The van der Waals surface area contributed by atoms with Gasteiger partial charge in [0, 0.05) is 21.8 Å². The van der Waals surface area contributed by atoms with Gasteiger partial charge >= 0.3 is 0 Å². The lowest BCUT2D eigenvalue weighted by atomic mass is 9.67. The summed E-state index contributed by atoms with van der Waals surface area (Å²) in [5, 5.41) is 3.11. The number of thiophene rings is 1. The maximum absolute atomic E-state index is 10.1. The molecule has 13 rings (SSSR count). The number of rotatable bonds is 8. The number of anilines is 3. The standard InChI is InChI=1S/C64H43NS/c1-5-17-47(18-6-1)63(48-19-7-2-8-20-48)58-27-15-13-25-54(58)56-37-35-52(42-60(56)63)65(51-33-31-44(32-34-51)46-30-29-45-39-40-66-62(45)41-46)53-36-38-57-55-26-14-16-28-59(55)64(61(57)43-53,49-21-9-3-10-22-49)50-23-11-4-12-24-50/h1-43H/i31D,32D,33D,34D. The van der Waals surface area contributed by atoms with Crippen molar-refractivity contribution in [3.63, 3.8) is 0 Å². The molecule has 0 unspecified atom stereocenters. The molecular weight excluding hydrogens is 815 g/mol. The van der Waals surface area contributed by atoms with Gasteiger partial charge in [0.1, 0.15) is 0 Å². The molecule has 0 N–H and O–H groups in total. The second kappa shape index (κ2) is 15.3. The second-order valence-electron chi connectivity index (χ2n) is 17.2. The molecule has 0 bridgehead atoms. The average Bonchev–Trinajstić information content (AvgIpc) is 4.10. The first-order valence-electron chi connectivity index (χ1n) is 24.5. The first-order valence-corrected chi connectivity index (χ1v) is 23.4. The van der Waals surface area contributed by atoms with E-state index in [2.05, 4.69) is 212 Å². The summed E-state index contributed by atoms with van der Waals surface area (Å²) in [6.45, 7) is 0. The van der Waals surface area contributed by atoms with Crippen molar-refractivity contribution < 1.29 is 5.48 Å². The van der Waals surface area contributed by atoms with E-state index < -0.39 is 10.8 Å². The van der Waals surface area contributed by atoms with Crippen molar-refractivity contribution in [2.45, 2.75) is 10.8 Å². The lowest BCUT2D eigenvalue weighted by Gasteiger charge is -2.36. The molecule has 2 aliphatic carbocycles. The van der Waals surface area contributed by atoms with Gasteiger partial charge in [-0.2, -0.15) is 0 Å². The normalized spacial score (nSPS) is 14.5. The van der Waals surface area contributed by atoms with Crippen LogP contribution in [-0.4, -0.2) is 0 Å². The molecule has 0 amide bonds. The Bertz CT molecular complexity index is 3540. The third-order valence-electron chi connectivity index (χ3n) is 14.0. The monoisotopic (exact) mass is 861 g/mol. The molecule has 0 atom stereocenters. The highest BCUT2D eigenvalue weighted by Gasteiger charge is 2.48. The quantitative estimate of drug-likeness (QED) is 0.147. The van der Waals surface area contributed by atoms with Gasteiger partial charge in [-0.1, -0.05) is 206 Å². The predicted molar refractivity (Wildman–Crippen MR) is 277 cm³/mol. The molecule has 0 aliphatic heterocycles. The Hall–Kier alpha value is -8.04. The summed E-state index contributed by atoms with van der Waals surface area (Å²) in [5.74, 6) is 0. The highest BCUT2D eigenvalue weighted by Crippen LogP contribution is 2.59. The first-order chi connectivity index (χ1) is 34.4. The van der Waals surface area contributed by atoms with E-state index in [-0.39, 0.29) is 35.4 Å². The van der Waals surface area contributed by atoms with E-state index in [1.165, 1.54) is 11.1 Å². The van der Waals surface area contributed by atoms with Crippen LogP contribution in [0, 0.1) is 0 Å². The lowest BCUT2D eigenvalue weighted by molar-refractivity contribution is 0.767. The van der Waals surface area contributed by atoms with Gasteiger partial charge in [0.05, 0.1) is 16.3 Å². The van der Waals surface area contributed by atoms with Crippen LogP contribution >= 0.6 is 11.3 Å². The minimum absolute atomic E-state index is 0.0927. The molecule has 0 fully saturated rings. The zero-order chi connectivity index (χ0) is 47.1. The van der Waals surface area contributed by atoms with Crippen molar-refractivity contribution in [2.75, 3.05) is 4.90 Å². The van der Waals surface area contributed by atoms with Gasteiger partial charge < -0.3 is 4.90 Å². The molecule has 1 nitrogen and oxygen atoms in total. The van der Waals surface area contributed by atoms with E-state index >= 15 is 0 Å². The highest BCUT2D eigenvalue weighted by atomic mass is 32.1. The van der Waals surface area contributed by atoms with Gasteiger partial charge in [-0.3, -0.25) is 0 Å². The van der Waals surface area contributed by atoms with Crippen molar-refractivity contribution in [2.24, 2.45) is 0 Å². The molecular formula is C64H43NS. The Labute approximate surface area is 395 Å². The summed E-state index contributed by atoms with van der Waals surface area (Å²) >= 11 is 1.60. The van der Waals surface area contributed by atoms with Crippen molar-refractivity contribution in [3.05, 3.63) is 305 Å². The Morgan fingerprint density at radius 3 is 1.23 bits per heavy atom. The van der Waals surface area contributed by atoms with Crippen LogP contribution in [0.3, 0.4) is 0 Å². The number of fused-ring (bicyclic) bond motifs is 7. The Morgan fingerprint density at radius 1 is 0.333 bits per heavy atom. The molecule has 10 aromatic carbocycles. The largest absolute Gasteiger partial charge is 0.310 e. The van der Waals surface area contributed by atoms with E-state index in [1.54, 1.807) is 11.3 Å². The Kier molecular flexibility index (Phi) is 7.97. The summed E-state index contributed by atoms with van der Waals surface area (Å²) in [6, 6.07) is 80.7. The van der Waals surface area contributed by atoms with Crippen LogP contribution in [-0.2, 0) is 10.8 Å². The molecule has 1 aromatic heterocycles. The van der Waals surface area contributed by atoms with Crippen LogP contribution < -0.4 is 4.90 Å². The number of nitrogens with zero attached hydrogens (tertiary/aromatic N) is 1. The smallest absolute Gasteiger partial charge is 0.0714 e. The topological polar surface area (TPSA) is 3.24 Å². The summed E-state index contributed by atoms with van der Waals surface area (Å²) in [5.41, 5.74) is 14.6. The number of hydrogen-bond donors (Lipinski definition) is 0. The average molecular weight is 862 g/mol. The van der Waals surface area contributed by atoms with Crippen molar-refractivity contribution in [3.8, 4) is 33.4 Å². The molecule has 0 saturated carbocycles. The first kappa shape index (κ1) is 34.4. The zero-order valence-electron chi connectivity index (χ0n) is 39.9. The van der Waals surface area contributed by atoms with Gasteiger partial charge in [-0.25, -0.2) is 0 Å². The summed E-state index contributed by atoms with van der Waals surface area (Å²) in [4.78, 5) is 1.99. The SMILES string of the molecule is [2H]c1c([2H])c(N(c2ccc3c(c2)C(c2ccccc2)(c2ccccc2)c2ccccc2-3)c2ccc3c(c2)C(c2ccccc2)(c2ccccc2)c2ccccc2-3)c([2H])c([2H])c1-c1ccc2ccsc2c1. The third kappa shape index (κ3) is 5.65.